The van der Waals surface area contributed by atoms with E-state index in [9.17, 15) is 0 Å². The number of hydrogen-bond acceptors (Lipinski definition) is 18. The Bertz CT molecular complexity index is 1280. The second kappa shape index (κ2) is 13.6. The van der Waals surface area contributed by atoms with Crippen LogP contribution in [0.2, 0.25) is 0 Å². The Morgan fingerprint density at radius 1 is 0.327 bits per heavy atom. The molecular formula is C36H57O18P. The van der Waals surface area contributed by atoms with Crippen molar-refractivity contribution in [2.45, 2.75) is 210 Å². The first kappa shape index (κ1) is 40.1. The Labute approximate surface area is 322 Å². The molecule has 9 aliphatic heterocycles. The fraction of sp³-hybridized carbons (Fsp3) is 1.00. The molecule has 9 rings (SSSR count). The highest BCUT2D eigenvalue weighted by Crippen LogP contribution is 2.55. The van der Waals surface area contributed by atoms with Gasteiger partial charge < -0.3 is 71.1 Å². The summed E-state index contributed by atoms with van der Waals surface area (Å²) in [7, 11) is -2.41. The second-order valence-electron chi connectivity index (χ2n) is 18.2. The van der Waals surface area contributed by atoms with Gasteiger partial charge in [-0.3, -0.25) is 13.6 Å². The van der Waals surface area contributed by atoms with E-state index in [4.69, 9.17) is 84.6 Å². The van der Waals surface area contributed by atoms with E-state index in [2.05, 4.69) is 0 Å². The molecule has 0 aromatic heterocycles. The van der Waals surface area contributed by atoms with Crippen LogP contribution >= 0.6 is 8.60 Å². The van der Waals surface area contributed by atoms with E-state index in [1.165, 1.54) is 0 Å². The van der Waals surface area contributed by atoms with E-state index in [1.54, 1.807) is 0 Å². The van der Waals surface area contributed by atoms with Crippen LogP contribution in [-0.2, 0) is 84.6 Å². The normalized spacial score (nSPS) is 49.6. The molecule has 0 amide bonds. The predicted octanol–water partition coefficient (Wildman–Crippen LogP) is 3.45. The van der Waals surface area contributed by atoms with E-state index >= 15 is 0 Å². The van der Waals surface area contributed by atoms with Crippen molar-refractivity contribution in [3.8, 4) is 0 Å². The molecule has 55 heavy (non-hydrogen) atoms. The van der Waals surface area contributed by atoms with Gasteiger partial charge in [0.2, 0.25) is 0 Å². The second-order valence-corrected chi connectivity index (χ2v) is 19.3. The Balaban J connectivity index is 0.999. The molecule has 314 valence electrons. The van der Waals surface area contributed by atoms with Crippen molar-refractivity contribution in [2.24, 2.45) is 0 Å². The van der Waals surface area contributed by atoms with Crippen LogP contribution in [0.1, 0.15) is 83.1 Å². The fourth-order valence-corrected chi connectivity index (χ4v) is 10.1. The number of hydrogen-bond donors (Lipinski definition) is 0. The van der Waals surface area contributed by atoms with Gasteiger partial charge in [0.25, 0.3) is 0 Å². The summed E-state index contributed by atoms with van der Waals surface area (Å²) in [6.07, 6.45) is -9.84. The van der Waals surface area contributed by atoms with Gasteiger partial charge in [-0.15, -0.1) is 0 Å². The van der Waals surface area contributed by atoms with E-state index in [-0.39, 0.29) is 0 Å². The summed E-state index contributed by atoms with van der Waals surface area (Å²) < 4.78 is 114. The maximum Gasteiger partial charge on any atom is 0.340 e. The number of rotatable bonds is 9. The Morgan fingerprint density at radius 2 is 0.582 bits per heavy atom. The van der Waals surface area contributed by atoms with Gasteiger partial charge in [-0.25, -0.2) is 0 Å². The Kier molecular flexibility index (Phi) is 9.93. The van der Waals surface area contributed by atoms with Crippen LogP contribution in [0.25, 0.3) is 0 Å². The van der Waals surface area contributed by atoms with Crippen LogP contribution in [0, 0.1) is 0 Å². The van der Waals surface area contributed by atoms with Crippen LogP contribution in [0.15, 0.2) is 0 Å². The van der Waals surface area contributed by atoms with Gasteiger partial charge in [-0.05, 0) is 83.1 Å². The zero-order valence-electron chi connectivity index (χ0n) is 33.6. The van der Waals surface area contributed by atoms with Crippen LogP contribution in [0.4, 0.5) is 0 Å². The van der Waals surface area contributed by atoms with Crippen LogP contribution in [-0.4, -0.2) is 147 Å². The molecule has 0 saturated carbocycles. The van der Waals surface area contributed by atoms with Crippen LogP contribution in [0.3, 0.4) is 0 Å². The molecule has 9 fully saturated rings. The maximum atomic E-state index is 6.71. The van der Waals surface area contributed by atoms with Crippen LogP contribution in [0.5, 0.6) is 0 Å². The van der Waals surface area contributed by atoms with Gasteiger partial charge in [-0.1, -0.05) is 0 Å². The van der Waals surface area contributed by atoms with Crippen LogP contribution < -0.4 is 0 Å². The molecule has 15 atom stereocenters. The summed E-state index contributed by atoms with van der Waals surface area (Å²) in [5.74, 6) is -5.18. The molecule has 0 N–H and O–H groups in total. The highest BCUT2D eigenvalue weighted by atomic mass is 31.2. The third-order valence-corrected chi connectivity index (χ3v) is 12.0. The molecule has 9 heterocycles. The third kappa shape index (κ3) is 7.91. The highest BCUT2D eigenvalue weighted by Gasteiger charge is 2.65. The minimum atomic E-state index is -2.41. The summed E-state index contributed by atoms with van der Waals surface area (Å²) in [5.41, 5.74) is 0. The summed E-state index contributed by atoms with van der Waals surface area (Å²) in [4.78, 5) is 0. The van der Waals surface area contributed by atoms with E-state index < -0.39 is 135 Å². The quantitative estimate of drug-likeness (QED) is 0.311. The largest absolute Gasteiger partial charge is 0.348 e. The predicted molar refractivity (Wildman–Crippen MR) is 182 cm³/mol. The molecule has 0 aromatic rings. The highest BCUT2D eigenvalue weighted by molar-refractivity contribution is 7.41. The molecule has 0 unspecified atom stereocenters. The van der Waals surface area contributed by atoms with Crippen molar-refractivity contribution in [2.75, 3.05) is 19.8 Å². The van der Waals surface area contributed by atoms with Gasteiger partial charge in [0.05, 0.1) is 19.8 Å². The smallest absolute Gasteiger partial charge is 0.340 e. The van der Waals surface area contributed by atoms with E-state index in [0.717, 1.165) is 0 Å². The van der Waals surface area contributed by atoms with Gasteiger partial charge in [-0.2, -0.15) is 0 Å². The molecule has 9 saturated heterocycles. The summed E-state index contributed by atoms with van der Waals surface area (Å²) in [5, 5.41) is 0. The van der Waals surface area contributed by atoms with Gasteiger partial charge in [0, 0.05) is 0 Å². The molecule has 9 aliphatic rings. The SMILES string of the molecule is CC1(C)O[C@@H]2[C@@H](O1)[C@@H](OP(O[C@H]1O[C@H]([C@H]3COC(C)(C)O3)[C@@H]3OC(C)(C)O[C@@H]13)O[C@H]1O[C@H]([C@H]3COC(C)(C)O3)[C@@H]3OC(C)(C)O[C@@H]13)O[C@@H]2[C@H]1COC(C)(C)O1. The zero-order chi connectivity index (χ0) is 39.1. The van der Waals surface area contributed by atoms with Gasteiger partial charge in [0.15, 0.2) is 53.6 Å². The molecule has 0 bridgehead atoms. The zero-order valence-corrected chi connectivity index (χ0v) is 34.5. The molecule has 18 nitrogen and oxygen atoms in total. The first-order valence-electron chi connectivity index (χ1n) is 19.3. The van der Waals surface area contributed by atoms with Crippen molar-refractivity contribution >= 4 is 8.60 Å². The molecule has 19 heteroatoms. The third-order valence-electron chi connectivity index (χ3n) is 10.9. The van der Waals surface area contributed by atoms with Crippen molar-refractivity contribution in [1.29, 1.82) is 0 Å². The summed E-state index contributed by atoms with van der Waals surface area (Å²) >= 11 is 0. The molecule has 0 radical (unpaired) electrons. The fourth-order valence-electron chi connectivity index (χ4n) is 8.89. The summed E-state index contributed by atoms with van der Waals surface area (Å²) in [6, 6.07) is 0. The average Bonchev–Trinajstić information content (AvgIpc) is 3.92. The monoisotopic (exact) mass is 808 g/mol. The lowest BCUT2D eigenvalue weighted by molar-refractivity contribution is -0.251. The first-order valence-corrected chi connectivity index (χ1v) is 20.4. The van der Waals surface area contributed by atoms with Crippen molar-refractivity contribution in [1.82, 2.24) is 0 Å². The Hall–Kier alpha value is -0.290. The maximum absolute atomic E-state index is 6.71. The lowest BCUT2D eigenvalue weighted by Gasteiger charge is -2.31. The minimum Gasteiger partial charge on any atom is -0.348 e. The number of ether oxygens (including phenoxy) is 15. The number of fused-ring (bicyclic) bond motifs is 3. The minimum absolute atomic E-state index is 0.299. The van der Waals surface area contributed by atoms with Crippen molar-refractivity contribution in [3.05, 3.63) is 0 Å². The topological polar surface area (TPSA) is 166 Å². The van der Waals surface area contributed by atoms with Gasteiger partial charge in [0.1, 0.15) is 73.2 Å². The molecule has 0 aliphatic carbocycles. The lowest BCUT2D eigenvalue weighted by Crippen LogP contribution is -2.40. The first-order chi connectivity index (χ1) is 25.5. The van der Waals surface area contributed by atoms with E-state index in [0.29, 0.717) is 19.8 Å². The lowest BCUT2D eigenvalue weighted by atomic mass is 10.1. The Morgan fingerprint density at radius 3 is 0.818 bits per heavy atom. The molecule has 0 spiro atoms. The molecule has 0 aromatic carbocycles. The van der Waals surface area contributed by atoms with Crippen molar-refractivity contribution < 1.29 is 84.6 Å². The average molecular weight is 809 g/mol. The van der Waals surface area contributed by atoms with E-state index in [1.807, 2.05) is 83.1 Å². The standard InChI is InChI=1S/C36H57O18P/c1-31(2)37-13-16(43-31)19-22-25(49-34(7,8)46-22)28(40-19)52-55(53-29-26-23(47-35(9,10)50-26)20(41-29)17-14-38-32(3,4)44-17)54-30-27-24(48-36(11,12)51-27)21(42-30)18-15-39-33(5,6)45-18/h16-30H,13-15H2,1-12H3/t16-,17-,18-,19-,20-,21-,22+,23+,24+,25-,26-,27-,28-,29-,30-/m1/s1. The van der Waals surface area contributed by atoms with Gasteiger partial charge >= 0.3 is 8.60 Å². The molecular weight excluding hydrogens is 751 g/mol. The summed E-state index contributed by atoms with van der Waals surface area (Å²) in [6.45, 7) is 23.1. The van der Waals surface area contributed by atoms with Crippen molar-refractivity contribution in [3.63, 3.8) is 0 Å².